The van der Waals surface area contributed by atoms with Crippen LogP contribution in [0.25, 0.3) is 21.8 Å². The fourth-order valence-corrected chi connectivity index (χ4v) is 2.72. The van der Waals surface area contributed by atoms with Crippen LogP contribution in [0.3, 0.4) is 0 Å². The van der Waals surface area contributed by atoms with Crippen LogP contribution in [-0.2, 0) is 7.05 Å². The van der Waals surface area contributed by atoms with Gasteiger partial charge in [-0.25, -0.2) is 0 Å². The Morgan fingerprint density at radius 3 is 2.35 bits per heavy atom. The van der Waals surface area contributed by atoms with Crippen molar-refractivity contribution in [2.24, 2.45) is 7.05 Å². The van der Waals surface area contributed by atoms with Crippen LogP contribution >= 0.6 is 0 Å². The smallest absolute Gasteiger partial charge is 0.0521 e. The quantitative estimate of drug-likeness (QED) is 0.536. The summed E-state index contributed by atoms with van der Waals surface area (Å²) in [6.07, 6.45) is 0. The summed E-state index contributed by atoms with van der Waals surface area (Å²) >= 11 is 0. The van der Waals surface area contributed by atoms with Gasteiger partial charge in [0, 0.05) is 23.3 Å². The molecule has 86 valence electrons. The SMILES string of the molecule is Cc1ccc2c3ccc(C)c(C)c3n(C)c2c1. The largest absolute Gasteiger partial charge is 0.343 e. The first-order valence-corrected chi connectivity index (χ1v) is 6.04. The first-order valence-electron chi connectivity index (χ1n) is 6.04. The van der Waals surface area contributed by atoms with Crippen LogP contribution in [0.2, 0.25) is 0 Å². The number of hydrogen-bond acceptors (Lipinski definition) is 0. The second-order valence-corrected chi connectivity index (χ2v) is 4.98. The number of aryl methyl sites for hydroxylation is 4. The normalized spacial score (nSPS) is 11.5. The summed E-state index contributed by atoms with van der Waals surface area (Å²) in [5.41, 5.74) is 6.76. The van der Waals surface area contributed by atoms with Crippen LogP contribution in [0.1, 0.15) is 16.7 Å². The molecule has 1 nitrogen and oxygen atoms in total. The van der Waals surface area contributed by atoms with E-state index in [1.807, 2.05) is 0 Å². The summed E-state index contributed by atoms with van der Waals surface area (Å²) in [5.74, 6) is 0. The lowest BCUT2D eigenvalue weighted by Crippen LogP contribution is -1.91. The topological polar surface area (TPSA) is 4.93 Å². The Morgan fingerprint density at radius 1 is 0.882 bits per heavy atom. The van der Waals surface area contributed by atoms with E-state index in [1.165, 1.54) is 38.5 Å². The highest BCUT2D eigenvalue weighted by atomic mass is 14.9. The molecule has 0 fully saturated rings. The molecular formula is C16H17N. The van der Waals surface area contributed by atoms with Crippen molar-refractivity contribution >= 4 is 21.8 Å². The molecule has 0 N–H and O–H groups in total. The van der Waals surface area contributed by atoms with Crippen molar-refractivity contribution in [3.05, 3.63) is 47.0 Å². The molecule has 1 aromatic heterocycles. The minimum absolute atomic E-state index is 1.32. The van der Waals surface area contributed by atoms with Crippen LogP contribution in [0, 0.1) is 20.8 Å². The molecule has 1 heteroatoms. The lowest BCUT2D eigenvalue weighted by molar-refractivity contribution is 1.00. The van der Waals surface area contributed by atoms with Gasteiger partial charge in [-0.15, -0.1) is 0 Å². The molecule has 0 aliphatic carbocycles. The first kappa shape index (κ1) is 10.4. The van der Waals surface area contributed by atoms with Crippen LogP contribution < -0.4 is 0 Å². The molecule has 0 unspecified atom stereocenters. The van der Waals surface area contributed by atoms with Gasteiger partial charge in [-0.2, -0.15) is 0 Å². The molecule has 0 radical (unpaired) electrons. The van der Waals surface area contributed by atoms with E-state index in [2.05, 4.69) is 62.7 Å². The van der Waals surface area contributed by atoms with Gasteiger partial charge in [-0.1, -0.05) is 24.3 Å². The number of rotatable bonds is 0. The fraction of sp³-hybridized carbons (Fsp3) is 0.250. The van der Waals surface area contributed by atoms with E-state index < -0.39 is 0 Å². The number of benzene rings is 2. The minimum atomic E-state index is 1.32. The van der Waals surface area contributed by atoms with E-state index in [9.17, 15) is 0 Å². The lowest BCUT2D eigenvalue weighted by atomic mass is 10.0. The highest BCUT2D eigenvalue weighted by molar-refractivity contribution is 6.09. The lowest BCUT2D eigenvalue weighted by Gasteiger charge is -2.04. The van der Waals surface area contributed by atoms with Crippen LogP contribution in [-0.4, -0.2) is 4.57 Å². The molecule has 1 heterocycles. The van der Waals surface area contributed by atoms with Crippen LogP contribution in [0.15, 0.2) is 30.3 Å². The van der Waals surface area contributed by atoms with Crippen LogP contribution in [0.5, 0.6) is 0 Å². The zero-order chi connectivity index (χ0) is 12.2. The van der Waals surface area contributed by atoms with Crippen molar-refractivity contribution in [2.45, 2.75) is 20.8 Å². The molecule has 0 amide bonds. The van der Waals surface area contributed by atoms with Crippen molar-refractivity contribution in [1.29, 1.82) is 0 Å². The Morgan fingerprint density at radius 2 is 1.59 bits per heavy atom. The number of nitrogens with zero attached hydrogens (tertiary/aromatic N) is 1. The molecule has 0 spiro atoms. The van der Waals surface area contributed by atoms with Gasteiger partial charge in [0.2, 0.25) is 0 Å². The average molecular weight is 223 g/mol. The number of fused-ring (bicyclic) bond motifs is 3. The average Bonchev–Trinajstić information content (AvgIpc) is 2.58. The van der Waals surface area contributed by atoms with E-state index >= 15 is 0 Å². The van der Waals surface area contributed by atoms with Gasteiger partial charge in [-0.3, -0.25) is 0 Å². The highest BCUT2D eigenvalue weighted by Gasteiger charge is 2.10. The van der Waals surface area contributed by atoms with Gasteiger partial charge in [-0.05, 0) is 43.5 Å². The Bertz CT molecular complexity index is 732. The van der Waals surface area contributed by atoms with Crippen molar-refractivity contribution < 1.29 is 0 Å². The van der Waals surface area contributed by atoms with E-state index in [0.717, 1.165) is 0 Å². The molecule has 3 rings (SSSR count). The van der Waals surface area contributed by atoms with Gasteiger partial charge < -0.3 is 4.57 Å². The third kappa shape index (κ3) is 1.32. The van der Waals surface area contributed by atoms with E-state index in [0.29, 0.717) is 0 Å². The molecule has 0 atom stereocenters. The molecule has 17 heavy (non-hydrogen) atoms. The standard InChI is InChI=1S/C16H17N/c1-10-5-7-13-14-8-6-11(2)12(3)16(14)17(4)15(13)9-10/h5-9H,1-4H3. The van der Waals surface area contributed by atoms with Crippen molar-refractivity contribution in [1.82, 2.24) is 4.57 Å². The van der Waals surface area contributed by atoms with Crippen molar-refractivity contribution in [3.63, 3.8) is 0 Å². The van der Waals surface area contributed by atoms with Crippen LogP contribution in [0.4, 0.5) is 0 Å². The summed E-state index contributed by atoms with van der Waals surface area (Å²) in [6.45, 7) is 6.54. The molecule has 0 saturated carbocycles. The monoisotopic (exact) mass is 223 g/mol. The molecule has 0 aliphatic rings. The predicted molar refractivity (Wildman–Crippen MR) is 74.6 cm³/mol. The molecule has 0 saturated heterocycles. The third-order valence-corrected chi connectivity index (χ3v) is 3.84. The van der Waals surface area contributed by atoms with E-state index in [1.54, 1.807) is 0 Å². The zero-order valence-electron chi connectivity index (χ0n) is 10.8. The molecular weight excluding hydrogens is 206 g/mol. The number of aromatic nitrogens is 1. The Labute approximate surface area is 102 Å². The van der Waals surface area contributed by atoms with Gasteiger partial charge in [0.25, 0.3) is 0 Å². The molecule has 2 aromatic carbocycles. The second kappa shape index (κ2) is 3.36. The Kier molecular flexibility index (Phi) is 2.06. The van der Waals surface area contributed by atoms with Gasteiger partial charge >= 0.3 is 0 Å². The predicted octanol–water partition coefficient (Wildman–Crippen LogP) is 4.26. The number of hydrogen-bond donors (Lipinski definition) is 0. The molecule has 3 aromatic rings. The Hall–Kier alpha value is -1.76. The van der Waals surface area contributed by atoms with Crippen molar-refractivity contribution in [3.8, 4) is 0 Å². The summed E-state index contributed by atoms with van der Waals surface area (Å²) in [5, 5.41) is 2.72. The van der Waals surface area contributed by atoms with E-state index in [-0.39, 0.29) is 0 Å². The fourth-order valence-electron chi connectivity index (χ4n) is 2.72. The molecule has 0 aliphatic heterocycles. The van der Waals surface area contributed by atoms with E-state index in [4.69, 9.17) is 0 Å². The zero-order valence-corrected chi connectivity index (χ0v) is 10.8. The summed E-state index contributed by atoms with van der Waals surface area (Å²) in [6, 6.07) is 11.2. The maximum Gasteiger partial charge on any atom is 0.0521 e. The summed E-state index contributed by atoms with van der Waals surface area (Å²) in [4.78, 5) is 0. The van der Waals surface area contributed by atoms with Crippen molar-refractivity contribution in [2.75, 3.05) is 0 Å². The maximum absolute atomic E-state index is 2.32. The minimum Gasteiger partial charge on any atom is -0.343 e. The highest BCUT2D eigenvalue weighted by Crippen LogP contribution is 2.31. The second-order valence-electron chi connectivity index (χ2n) is 4.98. The first-order chi connectivity index (χ1) is 8.09. The Balaban J connectivity index is 2.63. The van der Waals surface area contributed by atoms with Gasteiger partial charge in [0.15, 0.2) is 0 Å². The summed E-state index contributed by atoms with van der Waals surface area (Å²) in [7, 11) is 2.16. The molecule has 0 bridgehead atoms. The van der Waals surface area contributed by atoms with Gasteiger partial charge in [0.05, 0.1) is 5.52 Å². The third-order valence-electron chi connectivity index (χ3n) is 3.84. The maximum atomic E-state index is 2.32. The van der Waals surface area contributed by atoms with Gasteiger partial charge in [0.1, 0.15) is 0 Å². The summed E-state index contributed by atoms with van der Waals surface area (Å²) < 4.78 is 2.32.